The molecule has 0 aromatic carbocycles. The number of amides is 1. The first-order chi connectivity index (χ1) is 9.00. The highest BCUT2D eigenvalue weighted by Crippen LogP contribution is 2.10. The molecular formula is C15H30N2O2. The molecule has 112 valence electrons. The Bertz CT molecular complexity index is 249. The van der Waals surface area contributed by atoms with Gasteiger partial charge in [0.05, 0.1) is 6.61 Å². The van der Waals surface area contributed by atoms with Gasteiger partial charge in [0, 0.05) is 26.2 Å². The lowest BCUT2D eigenvalue weighted by Gasteiger charge is -2.30. The van der Waals surface area contributed by atoms with Gasteiger partial charge in [-0.1, -0.05) is 27.7 Å². The van der Waals surface area contributed by atoms with Gasteiger partial charge in [0.25, 0.3) is 5.91 Å². The molecule has 0 aromatic heterocycles. The summed E-state index contributed by atoms with van der Waals surface area (Å²) >= 11 is 0. The van der Waals surface area contributed by atoms with Crippen molar-refractivity contribution < 1.29 is 9.53 Å². The van der Waals surface area contributed by atoms with Crippen molar-refractivity contribution >= 4 is 5.91 Å². The first kappa shape index (κ1) is 16.4. The summed E-state index contributed by atoms with van der Waals surface area (Å²) in [5.74, 6) is 1.41. The molecule has 1 aliphatic rings. The highest BCUT2D eigenvalue weighted by atomic mass is 16.5. The molecule has 1 unspecified atom stereocenters. The average molecular weight is 270 g/mol. The SMILES string of the molecule is CC(C)CCN(CCC(C)C)C(=O)C1CNCCO1. The van der Waals surface area contributed by atoms with Crippen LogP contribution >= 0.6 is 0 Å². The van der Waals surface area contributed by atoms with Crippen molar-refractivity contribution in [1.29, 1.82) is 0 Å². The minimum absolute atomic E-state index is 0.161. The molecular weight excluding hydrogens is 240 g/mol. The van der Waals surface area contributed by atoms with E-state index in [-0.39, 0.29) is 12.0 Å². The third-order valence-corrected chi connectivity index (χ3v) is 3.47. The smallest absolute Gasteiger partial charge is 0.253 e. The lowest BCUT2D eigenvalue weighted by molar-refractivity contribution is -0.145. The van der Waals surface area contributed by atoms with E-state index in [1.54, 1.807) is 0 Å². The fraction of sp³-hybridized carbons (Fsp3) is 0.933. The molecule has 1 fully saturated rings. The monoisotopic (exact) mass is 270 g/mol. The average Bonchev–Trinajstić information content (AvgIpc) is 2.38. The lowest BCUT2D eigenvalue weighted by Crippen LogP contribution is -2.50. The van der Waals surface area contributed by atoms with E-state index >= 15 is 0 Å². The van der Waals surface area contributed by atoms with Crippen LogP contribution in [-0.4, -0.2) is 49.7 Å². The Hall–Kier alpha value is -0.610. The van der Waals surface area contributed by atoms with Crippen molar-refractivity contribution in [1.82, 2.24) is 10.2 Å². The second kappa shape index (κ2) is 8.54. The Morgan fingerprint density at radius 3 is 2.21 bits per heavy atom. The summed E-state index contributed by atoms with van der Waals surface area (Å²) in [6.45, 7) is 12.6. The number of nitrogens with one attached hydrogen (secondary N) is 1. The Morgan fingerprint density at radius 1 is 1.21 bits per heavy atom. The third kappa shape index (κ3) is 6.39. The standard InChI is InChI=1S/C15H30N2O2/c1-12(2)5-8-17(9-6-13(3)4)15(18)14-11-16-7-10-19-14/h12-14,16H,5-11H2,1-4H3. The van der Waals surface area contributed by atoms with Crippen molar-refractivity contribution in [2.45, 2.75) is 46.6 Å². The van der Waals surface area contributed by atoms with E-state index < -0.39 is 0 Å². The van der Waals surface area contributed by atoms with Crippen molar-refractivity contribution in [3.05, 3.63) is 0 Å². The molecule has 19 heavy (non-hydrogen) atoms. The zero-order valence-electron chi connectivity index (χ0n) is 12.9. The Kier molecular flexibility index (Phi) is 7.39. The van der Waals surface area contributed by atoms with E-state index in [0.717, 1.165) is 32.5 Å². The topological polar surface area (TPSA) is 41.6 Å². The second-order valence-electron chi connectivity index (χ2n) is 6.25. The zero-order chi connectivity index (χ0) is 14.3. The minimum atomic E-state index is -0.284. The molecule has 0 saturated carbocycles. The van der Waals surface area contributed by atoms with Gasteiger partial charge in [0.15, 0.2) is 0 Å². The van der Waals surface area contributed by atoms with Gasteiger partial charge in [0.2, 0.25) is 0 Å². The van der Waals surface area contributed by atoms with Gasteiger partial charge in [-0.15, -0.1) is 0 Å². The van der Waals surface area contributed by atoms with Crippen molar-refractivity contribution in [3.63, 3.8) is 0 Å². The van der Waals surface area contributed by atoms with E-state index in [2.05, 4.69) is 33.0 Å². The number of ether oxygens (including phenoxy) is 1. The molecule has 1 aliphatic heterocycles. The van der Waals surface area contributed by atoms with Crippen LogP contribution in [-0.2, 0) is 9.53 Å². The highest BCUT2D eigenvalue weighted by molar-refractivity contribution is 5.81. The van der Waals surface area contributed by atoms with E-state index in [9.17, 15) is 4.79 Å². The molecule has 1 heterocycles. The molecule has 4 heteroatoms. The summed E-state index contributed by atoms with van der Waals surface area (Å²) in [6.07, 6.45) is 1.83. The van der Waals surface area contributed by atoms with Crippen LogP contribution in [0.15, 0.2) is 0 Å². The van der Waals surface area contributed by atoms with Gasteiger partial charge in [0.1, 0.15) is 6.10 Å². The Balaban J connectivity index is 2.51. The van der Waals surface area contributed by atoms with Crippen molar-refractivity contribution in [3.8, 4) is 0 Å². The molecule has 0 radical (unpaired) electrons. The summed E-state index contributed by atoms with van der Waals surface area (Å²) in [4.78, 5) is 14.5. The summed E-state index contributed by atoms with van der Waals surface area (Å²) in [5, 5.41) is 3.23. The number of carbonyl (C=O) groups excluding carboxylic acids is 1. The van der Waals surface area contributed by atoms with E-state index in [1.807, 2.05) is 4.90 Å². The molecule has 1 atom stereocenters. The fourth-order valence-corrected chi connectivity index (χ4v) is 2.09. The second-order valence-corrected chi connectivity index (χ2v) is 6.25. The van der Waals surface area contributed by atoms with Crippen LogP contribution in [0.25, 0.3) is 0 Å². The number of morpholine rings is 1. The first-order valence-corrected chi connectivity index (χ1v) is 7.61. The summed E-state index contributed by atoms with van der Waals surface area (Å²) < 4.78 is 5.58. The lowest BCUT2D eigenvalue weighted by atomic mass is 10.1. The normalized spacial score (nSPS) is 20.0. The molecule has 1 rings (SSSR count). The van der Waals surface area contributed by atoms with Crippen LogP contribution in [0.1, 0.15) is 40.5 Å². The number of hydrogen-bond acceptors (Lipinski definition) is 3. The van der Waals surface area contributed by atoms with Crippen LogP contribution < -0.4 is 5.32 Å². The molecule has 1 amide bonds. The molecule has 0 spiro atoms. The van der Waals surface area contributed by atoms with Gasteiger partial charge in [-0.25, -0.2) is 0 Å². The van der Waals surface area contributed by atoms with Crippen LogP contribution in [0.2, 0.25) is 0 Å². The van der Waals surface area contributed by atoms with Gasteiger partial charge in [-0.3, -0.25) is 4.79 Å². The van der Waals surface area contributed by atoms with E-state index in [1.165, 1.54) is 0 Å². The molecule has 0 bridgehead atoms. The number of rotatable bonds is 7. The molecule has 0 aromatic rings. The van der Waals surface area contributed by atoms with E-state index in [0.29, 0.717) is 25.0 Å². The maximum atomic E-state index is 12.5. The summed E-state index contributed by atoms with van der Waals surface area (Å²) in [7, 11) is 0. The predicted octanol–water partition coefficient (Wildman–Crippen LogP) is 1.90. The van der Waals surface area contributed by atoms with E-state index in [4.69, 9.17) is 4.74 Å². The van der Waals surface area contributed by atoms with Crippen LogP contribution in [0.3, 0.4) is 0 Å². The predicted molar refractivity (Wildman–Crippen MR) is 78.1 cm³/mol. The largest absolute Gasteiger partial charge is 0.366 e. The summed E-state index contributed by atoms with van der Waals surface area (Å²) in [5.41, 5.74) is 0. The highest BCUT2D eigenvalue weighted by Gasteiger charge is 2.26. The Labute approximate surface area is 117 Å². The summed E-state index contributed by atoms with van der Waals surface area (Å²) in [6, 6.07) is 0. The minimum Gasteiger partial charge on any atom is -0.366 e. The van der Waals surface area contributed by atoms with Crippen LogP contribution in [0.4, 0.5) is 0 Å². The fourth-order valence-electron chi connectivity index (χ4n) is 2.09. The van der Waals surface area contributed by atoms with Crippen molar-refractivity contribution in [2.75, 3.05) is 32.8 Å². The number of nitrogens with zero attached hydrogens (tertiary/aromatic N) is 1. The zero-order valence-corrected chi connectivity index (χ0v) is 12.9. The van der Waals surface area contributed by atoms with Crippen molar-refractivity contribution in [2.24, 2.45) is 11.8 Å². The maximum absolute atomic E-state index is 12.5. The molecule has 0 aliphatic carbocycles. The first-order valence-electron chi connectivity index (χ1n) is 7.61. The molecule has 1 N–H and O–H groups in total. The quantitative estimate of drug-likeness (QED) is 0.768. The van der Waals surface area contributed by atoms with Gasteiger partial charge in [-0.05, 0) is 24.7 Å². The van der Waals surface area contributed by atoms with Crippen LogP contribution in [0, 0.1) is 11.8 Å². The van der Waals surface area contributed by atoms with Gasteiger partial charge < -0.3 is 15.0 Å². The number of carbonyl (C=O) groups is 1. The molecule has 1 saturated heterocycles. The van der Waals surface area contributed by atoms with Gasteiger partial charge in [-0.2, -0.15) is 0 Å². The van der Waals surface area contributed by atoms with Crippen LogP contribution in [0.5, 0.6) is 0 Å². The number of hydrogen-bond donors (Lipinski definition) is 1. The molecule has 4 nitrogen and oxygen atoms in total. The maximum Gasteiger partial charge on any atom is 0.253 e. The van der Waals surface area contributed by atoms with Gasteiger partial charge >= 0.3 is 0 Å². The third-order valence-electron chi connectivity index (χ3n) is 3.47. The Morgan fingerprint density at radius 2 is 1.79 bits per heavy atom.